The average Bonchev–Trinajstić information content (AvgIpc) is 3.61. The fraction of sp³-hybridized carbons (Fsp3) is 0.706. The Bertz CT molecular complexity index is 2350. The first kappa shape index (κ1) is 50.1. The van der Waals surface area contributed by atoms with Crippen LogP contribution in [0.25, 0.3) is 0 Å². The highest BCUT2D eigenvalue weighted by molar-refractivity contribution is 6.02. The van der Waals surface area contributed by atoms with E-state index in [0.717, 1.165) is 0 Å². The number of Topliss-reactive ketones (excluding diaryl/α,β-unsaturated/α-hetero) is 2. The van der Waals surface area contributed by atoms with Crippen LogP contribution in [-0.2, 0) is 47.8 Å². The molecule has 15 nitrogen and oxygen atoms in total. The monoisotopic (exact) mass is 953 g/mol. The molecular formula is C51H65F2NO14. The molecule has 0 spiro atoms. The van der Waals surface area contributed by atoms with Gasteiger partial charge in [0.25, 0.3) is 0 Å². The topological polar surface area (TPSA) is 254 Å². The van der Waals surface area contributed by atoms with Gasteiger partial charge in [-0.05, 0) is 113 Å². The molecule has 17 heteroatoms. The van der Waals surface area contributed by atoms with Crippen molar-refractivity contribution in [2.24, 2.45) is 62.9 Å². The minimum atomic E-state index is -2.17. The van der Waals surface area contributed by atoms with E-state index in [0.29, 0.717) is 36.8 Å². The highest BCUT2D eigenvalue weighted by atomic mass is 19.1. The third-order valence-corrected chi connectivity index (χ3v) is 19.3. The molecule has 0 aromatic carbocycles. The number of aliphatic hydroxyl groups excluding tert-OH is 2. The van der Waals surface area contributed by atoms with Crippen LogP contribution in [0, 0.1) is 57.2 Å². The van der Waals surface area contributed by atoms with Crippen LogP contribution in [0.3, 0.4) is 0 Å². The smallest absolute Gasteiger partial charge is 0.326 e. The van der Waals surface area contributed by atoms with Gasteiger partial charge in [-0.2, -0.15) is 0 Å². The maximum atomic E-state index is 17.5. The lowest BCUT2D eigenvalue weighted by atomic mass is 9.44. The summed E-state index contributed by atoms with van der Waals surface area (Å²) < 4.78 is 50.4. The van der Waals surface area contributed by atoms with E-state index in [-0.39, 0.29) is 37.2 Å². The van der Waals surface area contributed by atoms with Crippen molar-refractivity contribution in [1.82, 2.24) is 0 Å². The van der Waals surface area contributed by atoms with E-state index in [1.807, 2.05) is 0 Å². The second-order valence-electron chi connectivity index (χ2n) is 22.2. The normalized spacial score (nSPS) is 45.8. The van der Waals surface area contributed by atoms with Gasteiger partial charge in [0.15, 0.2) is 36.1 Å². The highest BCUT2D eigenvalue weighted by Crippen LogP contribution is 2.72. The third-order valence-electron chi connectivity index (χ3n) is 19.3. The molecule has 6 saturated carbocycles. The summed E-state index contributed by atoms with van der Waals surface area (Å²) in [5, 5.41) is 47.5. The lowest BCUT2D eigenvalue weighted by Gasteiger charge is -2.62. The van der Waals surface area contributed by atoms with Gasteiger partial charge < -0.3 is 40.4 Å². The second kappa shape index (κ2) is 16.7. The van der Waals surface area contributed by atoms with Crippen LogP contribution in [-0.4, -0.2) is 122 Å². The van der Waals surface area contributed by atoms with Crippen molar-refractivity contribution in [3.8, 4) is 0 Å². The molecule has 17 unspecified atom stereocenters. The summed E-state index contributed by atoms with van der Waals surface area (Å²) >= 11 is 0. The highest BCUT2D eigenvalue weighted by Gasteiger charge is 2.77. The van der Waals surface area contributed by atoms with Gasteiger partial charge in [-0.3, -0.25) is 33.6 Å². The lowest BCUT2D eigenvalue weighted by molar-refractivity contribution is -0.220. The summed E-state index contributed by atoms with van der Waals surface area (Å²) in [6, 6.07) is -1.57. The maximum Gasteiger partial charge on any atom is 0.326 e. The SMILES string of the molecule is CC1CC2C3CCC4=CC(=O)C=CC4(C)C3(F)C(O)CC2(C)C1(O)C(=O)COC(=O)CCC(=O)OCC(N)C(=O)OCC(=O)C1(O)C(C)CC2C3CCC4=CC(=O)C=CC4(C)C3(F)C(O)CC21C. The van der Waals surface area contributed by atoms with Crippen molar-refractivity contribution < 1.29 is 77.0 Å². The molecule has 0 heterocycles. The Kier molecular flexibility index (Phi) is 12.3. The summed E-state index contributed by atoms with van der Waals surface area (Å²) in [6.45, 7) is 7.50. The first-order valence-corrected chi connectivity index (χ1v) is 24.0. The van der Waals surface area contributed by atoms with E-state index in [1.54, 1.807) is 41.5 Å². The van der Waals surface area contributed by atoms with Gasteiger partial charge in [0.2, 0.25) is 11.6 Å². The third kappa shape index (κ3) is 6.74. The number of hydrogen-bond acceptors (Lipinski definition) is 15. The van der Waals surface area contributed by atoms with Crippen LogP contribution in [0.4, 0.5) is 8.78 Å². The fourth-order valence-electron chi connectivity index (χ4n) is 15.5. The number of hydrogen-bond donors (Lipinski definition) is 5. The van der Waals surface area contributed by atoms with Gasteiger partial charge in [-0.15, -0.1) is 0 Å². The summed E-state index contributed by atoms with van der Waals surface area (Å²) in [7, 11) is 0. The zero-order chi connectivity index (χ0) is 49.9. The second-order valence-corrected chi connectivity index (χ2v) is 22.2. The molecule has 0 saturated heterocycles. The zero-order valence-corrected chi connectivity index (χ0v) is 39.6. The molecular weight excluding hydrogens is 889 g/mol. The van der Waals surface area contributed by atoms with Crippen LogP contribution in [0.5, 0.6) is 0 Å². The number of aliphatic hydroxyl groups is 4. The van der Waals surface area contributed by atoms with Crippen molar-refractivity contribution in [1.29, 1.82) is 0 Å². The van der Waals surface area contributed by atoms with Gasteiger partial charge in [0.1, 0.15) is 23.9 Å². The van der Waals surface area contributed by atoms with Gasteiger partial charge in [-0.25, -0.2) is 8.78 Å². The van der Waals surface area contributed by atoms with E-state index >= 15 is 8.78 Å². The Labute approximate surface area is 394 Å². The first-order chi connectivity index (χ1) is 31.6. The van der Waals surface area contributed by atoms with Crippen LogP contribution in [0.1, 0.15) is 106 Å². The van der Waals surface area contributed by atoms with Crippen molar-refractivity contribution >= 4 is 41.0 Å². The van der Waals surface area contributed by atoms with Crippen molar-refractivity contribution in [2.45, 2.75) is 147 Å². The Hall–Kier alpha value is -4.29. The largest absolute Gasteiger partial charge is 0.463 e. The molecule has 6 fully saturated rings. The van der Waals surface area contributed by atoms with Crippen LogP contribution < -0.4 is 5.73 Å². The van der Waals surface area contributed by atoms with Crippen LogP contribution >= 0.6 is 0 Å². The number of ether oxygens (including phenoxy) is 3. The van der Waals surface area contributed by atoms with Crippen molar-refractivity contribution in [3.05, 3.63) is 47.6 Å². The Balaban J connectivity index is 0.805. The van der Waals surface area contributed by atoms with E-state index in [2.05, 4.69) is 0 Å². The summed E-state index contributed by atoms with van der Waals surface area (Å²) in [5.41, 5.74) is -6.54. The lowest BCUT2D eigenvalue weighted by Crippen LogP contribution is -2.69. The molecule has 0 aliphatic heterocycles. The summed E-state index contributed by atoms with van der Waals surface area (Å²) in [4.78, 5) is 90.3. The molecule has 8 aliphatic rings. The minimum Gasteiger partial charge on any atom is -0.463 e. The van der Waals surface area contributed by atoms with E-state index in [9.17, 15) is 54.0 Å². The van der Waals surface area contributed by atoms with E-state index in [4.69, 9.17) is 19.9 Å². The molecule has 0 amide bonds. The van der Waals surface area contributed by atoms with Crippen LogP contribution in [0.15, 0.2) is 47.6 Å². The minimum absolute atomic E-state index is 0.249. The fourth-order valence-corrected chi connectivity index (χ4v) is 15.5. The summed E-state index contributed by atoms with van der Waals surface area (Å²) in [6.07, 6.45) is 5.62. The number of carbonyl (C=O) groups is 7. The van der Waals surface area contributed by atoms with Gasteiger partial charge >= 0.3 is 17.9 Å². The molecule has 0 bridgehead atoms. The number of carbonyl (C=O) groups excluding carboxylic acids is 7. The number of ketones is 4. The predicted octanol–water partition coefficient (Wildman–Crippen LogP) is 3.56. The van der Waals surface area contributed by atoms with Crippen molar-refractivity contribution in [2.75, 3.05) is 19.8 Å². The number of nitrogens with two attached hydrogens (primary N) is 1. The molecule has 0 aromatic heterocycles. The van der Waals surface area contributed by atoms with Gasteiger partial charge in [-0.1, -0.05) is 51.0 Å². The molecule has 8 aliphatic carbocycles. The summed E-state index contributed by atoms with van der Waals surface area (Å²) in [5.74, 6) is -9.23. The van der Waals surface area contributed by atoms with Gasteiger partial charge in [0.05, 0.1) is 25.0 Å². The molecule has 372 valence electrons. The number of fused-ring (bicyclic) bond motifs is 10. The van der Waals surface area contributed by atoms with E-state index < -0.39 is 160 Å². The Morgan fingerprint density at radius 2 is 1.07 bits per heavy atom. The quantitative estimate of drug-likeness (QED) is 0.139. The molecule has 0 aromatic rings. The number of rotatable bonds is 12. The van der Waals surface area contributed by atoms with Crippen molar-refractivity contribution in [3.63, 3.8) is 0 Å². The molecule has 17 atom stereocenters. The average molecular weight is 954 g/mol. The number of halogens is 2. The number of alkyl halides is 2. The molecule has 6 N–H and O–H groups in total. The standard InChI is InChI=1S/C51H65F2NO14/c1-26-17-34-32-9-7-28-19-30(55)13-15-44(28,3)48(32,52)37(57)21-46(34,5)50(26,64)39(59)24-67-42(62)12-11-41(61)66-23-36(54)43(63)68-25-40(60)51(65)27(2)18-35-33-10-8-29-20-31(56)14-16-45(29,4)49(33,53)38(58)22-47(35,51)6/h13-16,19-20,26-27,32-38,57-58,64-65H,7-12,17-18,21-25,54H2,1-6H3. The zero-order valence-electron chi connectivity index (χ0n) is 39.6. The number of allylic oxidation sites excluding steroid dienone is 8. The molecule has 68 heavy (non-hydrogen) atoms. The maximum absolute atomic E-state index is 17.5. The molecule has 0 radical (unpaired) electrons. The Morgan fingerprint density at radius 1 is 0.676 bits per heavy atom. The van der Waals surface area contributed by atoms with E-state index in [1.165, 1.54) is 36.5 Å². The van der Waals surface area contributed by atoms with Crippen LogP contribution in [0.2, 0.25) is 0 Å². The van der Waals surface area contributed by atoms with Gasteiger partial charge in [0, 0.05) is 33.5 Å². The number of esters is 3. The predicted molar refractivity (Wildman–Crippen MR) is 236 cm³/mol. The first-order valence-electron chi connectivity index (χ1n) is 24.0. The molecule has 8 rings (SSSR count). The Morgan fingerprint density at radius 3 is 1.50 bits per heavy atom.